The number of ether oxygens (including phenoxy) is 2. The maximum atomic E-state index is 11.6. The first kappa shape index (κ1) is 14.8. The first-order valence-corrected chi connectivity index (χ1v) is 5.72. The minimum absolute atomic E-state index is 0.0794. The Morgan fingerprint density at radius 3 is 2.42 bits per heavy atom. The third kappa shape index (κ3) is 4.17. The zero-order chi connectivity index (χ0) is 14.4. The van der Waals surface area contributed by atoms with Gasteiger partial charge in [-0.25, -0.2) is 0 Å². The van der Waals surface area contributed by atoms with Crippen LogP contribution in [0.5, 0.6) is 11.5 Å². The first-order valence-electron chi connectivity index (χ1n) is 5.72. The molecule has 0 heterocycles. The molecule has 0 spiro atoms. The minimum atomic E-state index is -1.01. The van der Waals surface area contributed by atoms with Gasteiger partial charge < -0.3 is 19.9 Å². The molecule has 0 aromatic heterocycles. The van der Waals surface area contributed by atoms with Crippen LogP contribution >= 0.6 is 0 Å². The van der Waals surface area contributed by atoms with Crippen molar-refractivity contribution in [2.24, 2.45) is 0 Å². The van der Waals surface area contributed by atoms with E-state index in [0.717, 1.165) is 5.56 Å². The molecule has 1 rings (SSSR count). The predicted octanol–water partition coefficient (Wildman–Crippen LogP) is 1.82. The summed E-state index contributed by atoms with van der Waals surface area (Å²) in [5.74, 6) is -0.277. The highest BCUT2D eigenvalue weighted by Crippen LogP contribution is 2.33. The van der Waals surface area contributed by atoms with Crippen LogP contribution in [0.4, 0.5) is 5.69 Å². The molecule has 0 fully saturated rings. The average Bonchev–Trinajstić information content (AvgIpc) is 2.38. The van der Waals surface area contributed by atoms with Gasteiger partial charge in [-0.3, -0.25) is 9.59 Å². The Bertz CT molecular complexity index is 484. The van der Waals surface area contributed by atoms with Crippen molar-refractivity contribution in [3.63, 3.8) is 0 Å². The number of anilines is 1. The Labute approximate surface area is 111 Å². The van der Waals surface area contributed by atoms with Gasteiger partial charge in [0.1, 0.15) is 11.5 Å². The summed E-state index contributed by atoms with van der Waals surface area (Å²) in [4.78, 5) is 22.0. The SMILES string of the molecule is COc1cc(C)c(NC(=O)CCC(=O)O)c(OC)c1. The van der Waals surface area contributed by atoms with Gasteiger partial charge in [-0.15, -0.1) is 0 Å². The average molecular weight is 267 g/mol. The van der Waals surface area contributed by atoms with Gasteiger partial charge in [0.2, 0.25) is 5.91 Å². The van der Waals surface area contributed by atoms with Gasteiger partial charge in [-0.05, 0) is 18.6 Å². The van der Waals surface area contributed by atoms with E-state index in [1.807, 2.05) is 0 Å². The topological polar surface area (TPSA) is 84.9 Å². The molecule has 0 saturated carbocycles. The third-order valence-corrected chi connectivity index (χ3v) is 2.56. The molecule has 0 aliphatic carbocycles. The number of rotatable bonds is 6. The molecule has 0 aliphatic heterocycles. The summed E-state index contributed by atoms with van der Waals surface area (Å²) in [6.45, 7) is 1.80. The normalized spacial score (nSPS) is 9.84. The summed E-state index contributed by atoms with van der Waals surface area (Å²) in [5.41, 5.74) is 1.30. The van der Waals surface area contributed by atoms with Gasteiger partial charge in [0.25, 0.3) is 0 Å². The van der Waals surface area contributed by atoms with Crippen molar-refractivity contribution in [3.05, 3.63) is 17.7 Å². The van der Waals surface area contributed by atoms with E-state index in [1.54, 1.807) is 26.2 Å². The van der Waals surface area contributed by atoms with E-state index in [4.69, 9.17) is 14.6 Å². The van der Waals surface area contributed by atoms with Crippen LogP contribution in [-0.4, -0.2) is 31.2 Å². The Kier molecular flexibility index (Phi) is 5.17. The molecule has 1 aromatic carbocycles. The summed E-state index contributed by atoms with van der Waals surface area (Å²) in [6.07, 6.45) is -0.284. The van der Waals surface area contributed by atoms with Crippen molar-refractivity contribution < 1.29 is 24.2 Å². The van der Waals surface area contributed by atoms with Crippen LogP contribution in [0.2, 0.25) is 0 Å². The minimum Gasteiger partial charge on any atom is -0.497 e. The summed E-state index contributed by atoms with van der Waals surface area (Å²) < 4.78 is 10.3. The molecule has 6 nitrogen and oxygen atoms in total. The molecule has 0 bridgehead atoms. The number of carboxylic acid groups (broad SMARTS) is 1. The van der Waals surface area contributed by atoms with E-state index in [9.17, 15) is 9.59 Å². The quantitative estimate of drug-likeness (QED) is 0.821. The molecule has 6 heteroatoms. The molecule has 0 saturated heterocycles. The summed E-state index contributed by atoms with van der Waals surface area (Å²) in [7, 11) is 3.03. The van der Waals surface area contributed by atoms with Crippen molar-refractivity contribution in [2.75, 3.05) is 19.5 Å². The third-order valence-electron chi connectivity index (χ3n) is 2.56. The lowest BCUT2D eigenvalue weighted by Crippen LogP contribution is -2.14. The lowest BCUT2D eigenvalue weighted by Gasteiger charge is -2.14. The van der Waals surface area contributed by atoms with E-state index in [2.05, 4.69) is 5.32 Å². The number of methoxy groups -OCH3 is 2. The van der Waals surface area contributed by atoms with E-state index in [0.29, 0.717) is 17.2 Å². The molecule has 19 heavy (non-hydrogen) atoms. The predicted molar refractivity (Wildman–Crippen MR) is 69.8 cm³/mol. The van der Waals surface area contributed by atoms with E-state index in [1.165, 1.54) is 7.11 Å². The number of carbonyl (C=O) groups is 2. The van der Waals surface area contributed by atoms with E-state index < -0.39 is 5.97 Å². The fourth-order valence-electron chi connectivity index (χ4n) is 1.58. The van der Waals surface area contributed by atoms with Crippen LogP contribution in [-0.2, 0) is 9.59 Å². The van der Waals surface area contributed by atoms with E-state index in [-0.39, 0.29) is 18.7 Å². The number of hydrogen-bond acceptors (Lipinski definition) is 4. The molecule has 0 unspecified atom stereocenters. The van der Waals surface area contributed by atoms with E-state index >= 15 is 0 Å². The van der Waals surface area contributed by atoms with Crippen LogP contribution in [0.25, 0.3) is 0 Å². The van der Waals surface area contributed by atoms with Gasteiger partial charge in [0.05, 0.1) is 26.3 Å². The van der Waals surface area contributed by atoms with Crippen LogP contribution in [0.3, 0.4) is 0 Å². The summed E-state index contributed by atoms with van der Waals surface area (Å²) >= 11 is 0. The second-order valence-corrected chi connectivity index (χ2v) is 3.96. The van der Waals surface area contributed by atoms with Crippen LogP contribution in [0, 0.1) is 6.92 Å². The zero-order valence-corrected chi connectivity index (χ0v) is 11.1. The Balaban J connectivity index is 2.88. The summed E-state index contributed by atoms with van der Waals surface area (Å²) in [5, 5.41) is 11.2. The number of carbonyl (C=O) groups excluding carboxylic acids is 1. The Morgan fingerprint density at radius 2 is 1.89 bits per heavy atom. The highest BCUT2D eigenvalue weighted by atomic mass is 16.5. The number of aryl methyl sites for hydroxylation is 1. The molecule has 104 valence electrons. The molecule has 1 aromatic rings. The second kappa shape index (κ2) is 6.63. The maximum absolute atomic E-state index is 11.6. The Morgan fingerprint density at radius 1 is 1.21 bits per heavy atom. The first-order chi connectivity index (χ1) is 8.97. The van der Waals surface area contributed by atoms with Crippen LogP contribution in [0.1, 0.15) is 18.4 Å². The van der Waals surface area contributed by atoms with Crippen molar-refractivity contribution in [1.82, 2.24) is 0 Å². The number of carboxylic acids is 1. The Hall–Kier alpha value is -2.24. The molecular weight excluding hydrogens is 250 g/mol. The standard InChI is InChI=1S/C13H17NO5/c1-8-6-9(18-2)7-10(19-3)13(8)14-11(15)4-5-12(16)17/h6-7H,4-5H2,1-3H3,(H,14,15)(H,16,17). The van der Waals surface area contributed by atoms with Crippen LogP contribution in [0.15, 0.2) is 12.1 Å². The fraction of sp³-hybridized carbons (Fsp3) is 0.385. The number of amides is 1. The van der Waals surface area contributed by atoms with Crippen molar-refractivity contribution >= 4 is 17.6 Å². The highest BCUT2D eigenvalue weighted by molar-refractivity contribution is 5.94. The zero-order valence-electron chi connectivity index (χ0n) is 11.1. The molecule has 1 amide bonds. The lowest BCUT2D eigenvalue weighted by molar-refractivity contribution is -0.138. The fourth-order valence-corrected chi connectivity index (χ4v) is 1.58. The monoisotopic (exact) mass is 267 g/mol. The molecule has 0 aliphatic rings. The van der Waals surface area contributed by atoms with Gasteiger partial charge in [0.15, 0.2) is 0 Å². The number of benzene rings is 1. The largest absolute Gasteiger partial charge is 0.497 e. The number of nitrogens with one attached hydrogen (secondary N) is 1. The molecule has 2 N–H and O–H groups in total. The maximum Gasteiger partial charge on any atom is 0.303 e. The van der Waals surface area contributed by atoms with Gasteiger partial charge in [-0.2, -0.15) is 0 Å². The summed E-state index contributed by atoms with van der Waals surface area (Å²) in [6, 6.07) is 3.41. The van der Waals surface area contributed by atoms with Crippen LogP contribution < -0.4 is 14.8 Å². The number of hydrogen-bond donors (Lipinski definition) is 2. The molecule has 0 atom stereocenters. The van der Waals surface area contributed by atoms with Crippen molar-refractivity contribution in [3.8, 4) is 11.5 Å². The highest BCUT2D eigenvalue weighted by Gasteiger charge is 2.13. The lowest BCUT2D eigenvalue weighted by atomic mass is 10.1. The number of aliphatic carboxylic acids is 1. The van der Waals surface area contributed by atoms with Gasteiger partial charge in [0, 0.05) is 12.5 Å². The second-order valence-electron chi connectivity index (χ2n) is 3.96. The van der Waals surface area contributed by atoms with Crippen molar-refractivity contribution in [1.29, 1.82) is 0 Å². The van der Waals surface area contributed by atoms with Crippen molar-refractivity contribution in [2.45, 2.75) is 19.8 Å². The van der Waals surface area contributed by atoms with Gasteiger partial charge in [-0.1, -0.05) is 0 Å². The van der Waals surface area contributed by atoms with Gasteiger partial charge >= 0.3 is 5.97 Å². The molecule has 0 radical (unpaired) electrons. The smallest absolute Gasteiger partial charge is 0.303 e. The molecular formula is C13H17NO5.